The molecule has 1 aromatic heterocycles. The van der Waals surface area contributed by atoms with Crippen molar-refractivity contribution in [3.8, 4) is 0 Å². The lowest BCUT2D eigenvalue weighted by molar-refractivity contribution is -0.384. The summed E-state index contributed by atoms with van der Waals surface area (Å²) >= 11 is 0. The zero-order valence-corrected chi connectivity index (χ0v) is 15.0. The highest BCUT2D eigenvalue weighted by Gasteiger charge is 2.24. The normalized spacial score (nSPS) is 12.5. The summed E-state index contributed by atoms with van der Waals surface area (Å²) in [6.07, 6.45) is 0. The van der Waals surface area contributed by atoms with Gasteiger partial charge in [-0.2, -0.15) is 5.10 Å². The minimum absolute atomic E-state index is 0.115. The molecule has 1 atom stereocenters. The number of aryl methyl sites for hydroxylation is 1. The van der Waals surface area contributed by atoms with Gasteiger partial charge in [-0.05, 0) is 24.6 Å². The highest BCUT2D eigenvalue weighted by atomic mass is 32.2. The van der Waals surface area contributed by atoms with Crippen molar-refractivity contribution in [2.24, 2.45) is 5.14 Å². The summed E-state index contributed by atoms with van der Waals surface area (Å²) in [6, 6.07) is 12.0. The molecule has 0 fully saturated rings. The third kappa shape index (κ3) is 4.10. The van der Waals surface area contributed by atoms with Crippen LogP contribution in [0.15, 0.2) is 53.4 Å². The quantitative estimate of drug-likeness (QED) is 0.429. The van der Waals surface area contributed by atoms with Gasteiger partial charge in [-0.25, -0.2) is 18.5 Å². The first kappa shape index (κ1) is 18.5. The highest BCUT2D eigenvalue weighted by Crippen LogP contribution is 2.32. The third-order valence-electron chi connectivity index (χ3n) is 3.80. The van der Waals surface area contributed by atoms with Crippen molar-refractivity contribution in [3.05, 3.63) is 75.9 Å². The van der Waals surface area contributed by atoms with Crippen LogP contribution < -0.4 is 10.5 Å². The molecule has 0 aliphatic heterocycles. The summed E-state index contributed by atoms with van der Waals surface area (Å²) in [7, 11) is -4.07. The highest BCUT2D eigenvalue weighted by molar-refractivity contribution is 7.89. The topological polar surface area (TPSA) is 157 Å². The summed E-state index contributed by atoms with van der Waals surface area (Å²) < 4.78 is 23.0. The average Bonchev–Trinajstić information content (AvgIpc) is 3.05. The van der Waals surface area contributed by atoms with E-state index in [0.29, 0.717) is 11.6 Å². The number of nitrogens with two attached hydrogens (primary N) is 1. The number of aromatic nitrogens is 3. The predicted octanol–water partition coefficient (Wildman–Crippen LogP) is 1.87. The third-order valence-corrected chi connectivity index (χ3v) is 4.71. The van der Waals surface area contributed by atoms with Gasteiger partial charge < -0.3 is 5.32 Å². The van der Waals surface area contributed by atoms with Gasteiger partial charge in [-0.1, -0.05) is 30.3 Å². The molecule has 0 saturated carbocycles. The van der Waals surface area contributed by atoms with Crippen molar-refractivity contribution in [2.75, 3.05) is 5.32 Å². The number of H-pyrrole nitrogens is 1. The minimum atomic E-state index is -4.07. The van der Waals surface area contributed by atoms with E-state index >= 15 is 0 Å². The number of nitro groups is 1. The van der Waals surface area contributed by atoms with Gasteiger partial charge in [0.1, 0.15) is 17.6 Å². The minimum Gasteiger partial charge on any atom is -0.366 e. The second kappa shape index (κ2) is 7.13. The van der Waals surface area contributed by atoms with Crippen molar-refractivity contribution in [2.45, 2.75) is 17.9 Å². The van der Waals surface area contributed by atoms with Gasteiger partial charge in [0.15, 0.2) is 5.82 Å². The number of hydrogen-bond acceptors (Lipinski definition) is 7. The zero-order valence-electron chi connectivity index (χ0n) is 14.2. The van der Waals surface area contributed by atoms with Gasteiger partial charge in [-0.3, -0.25) is 15.2 Å². The number of primary sulfonamides is 1. The van der Waals surface area contributed by atoms with Crippen LogP contribution in [0.5, 0.6) is 0 Å². The molecule has 3 aromatic rings. The number of nitrogens with zero attached hydrogens (tertiary/aromatic N) is 3. The van der Waals surface area contributed by atoms with Crippen molar-refractivity contribution >= 4 is 21.4 Å². The number of nitro benzene ring substituents is 1. The second-order valence-corrected chi connectivity index (χ2v) is 7.31. The molecule has 0 aliphatic carbocycles. The molecule has 3 rings (SSSR count). The Kier molecular flexibility index (Phi) is 4.88. The first-order chi connectivity index (χ1) is 12.8. The summed E-state index contributed by atoms with van der Waals surface area (Å²) in [6.45, 7) is 1.74. The Balaban J connectivity index is 2.07. The van der Waals surface area contributed by atoms with Crippen LogP contribution in [0.4, 0.5) is 11.4 Å². The van der Waals surface area contributed by atoms with Gasteiger partial charge in [0.2, 0.25) is 10.0 Å². The van der Waals surface area contributed by atoms with E-state index < -0.39 is 26.7 Å². The number of hydrogen-bond donors (Lipinski definition) is 3. The number of nitrogens with one attached hydrogen (secondary N) is 2. The van der Waals surface area contributed by atoms with Crippen LogP contribution in [0.2, 0.25) is 0 Å². The number of aromatic amines is 1. The van der Waals surface area contributed by atoms with Gasteiger partial charge in [-0.15, -0.1) is 0 Å². The molecular weight excluding hydrogens is 372 g/mol. The predicted molar refractivity (Wildman–Crippen MR) is 97.5 cm³/mol. The van der Waals surface area contributed by atoms with E-state index in [0.717, 1.165) is 11.6 Å². The molecule has 10 nitrogen and oxygen atoms in total. The molecule has 0 bridgehead atoms. The zero-order chi connectivity index (χ0) is 19.6. The van der Waals surface area contributed by atoms with Crippen LogP contribution in [0.1, 0.15) is 23.3 Å². The average molecular weight is 388 g/mol. The SMILES string of the molecule is Cc1nc(C(Nc2ccc(S(N)(=O)=O)cc2[N+](=O)[O-])c2ccccc2)n[nH]1. The van der Waals surface area contributed by atoms with Gasteiger partial charge in [0, 0.05) is 6.07 Å². The van der Waals surface area contributed by atoms with Crippen LogP contribution in [0.25, 0.3) is 0 Å². The Morgan fingerprint density at radius 1 is 1.22 bits per heavy atom. The van der Waals surface area contributed by atoms with E-state index in [2.05, 4.69) is 20.5 Å². The Morgan fingerprint density at radius 3 is 2.48 bits per heavy atom. The second-order valence-electron chi connectivity index (χ2n) is 5.75. The molecule has 11 heteroatoms. The molecule has 1 heterocycles. The maximum absolute atomic E-state index is 11.5. The fourth-order valence-electron chi connectivity index (χ4n) is 2.55. The van der Waals surface area contributed by atoms with Crippen molar-refractivity contribution in [1.82, 2.24) is 15.2 Å². The largest absolute Gasteiger partial charge is 0.366 e. The van der Waals surface area contributed by atoms with Gasteiger partial charge >= 0.3 is 0 Å². The molecule has 1 unspecified atom stereocenters. The molecule has 27 heavy (non-hydrogen) atoms. The van der Waals surface area contributed by atoms with Crippen molar-refractivity contribution < 1.29 is 13.3 Å². The molecule has 0 radical (unpaired) electrons. The lowest BCUT2D eigenvalue weighted by Crippen LogP contribution is -2.16. The fraction of sp³-hybridized carbons (Fsp3) is 0.125. The van der Waals surface area contributed by atoms with Crippen molar-refractivity contribution in [1.29, 1.82) is 0 Å². The first-order valence-corrected chi connectivity index (χ1v) is 9.32. The van der Waals surface area contributed by atoms with Crippen LogP contribution in [0, 0.1) is 17.0 Å². The molecule has 0 spiro atoms. The lowest BCUT2D eigenvalue weighted by atomic mass is 10.1. The molecule has 4 N–H and O–H groups in total. The summed E-state index contributed by atoms with van der Waals surface area (Å²) in [5, 5.41) is 26.4. The Labute approximate surface area is 154 Å². The smallest absolute Gasteiger partial charge is 0.293 e. The van der Waals surface area contributed by atoms with E-state index in [1.165, 1.54) is 12.1 Å². The summed E-state index contributed by atoms with van der Waals surface area (Å²) in [4.78, 5) is 14.7. The van der Waals surface area contributed by atoms with Crippen LogP contribution in [0.3, 0.4) is 0 Å². The van der Waals surface area contributed by atoms with Crippen molar-refractivity contribution in [3.63, 3.8) is 0 Å². The molecule has 2 aromatic carbocycles. The molecule has 0 saturated heterocycles. The van der Waals surface area contributed by atoms with E-state index in [9.17, 15) is 18.5 Å². The maximum Gasteiger partial charge on any atom is 0.293 e. The molecule has 0 amide bonds. The van der Waals surface area contributed by atoms with Gasteiger partial charge in [0.25, 0.3) is 5.69 Å². The van der Waals surface area contributed by atoms with Crippen LogP contribution in [-0.4, -0.2) is 28.5 Å². The van der Waals surface area contributed by atoms with E-state index in [4.69, 9.17) is 5.14 Å². The summed E-state index contributed by atoms with van der Waals surface area (Å²) in [5.41, 5.74) is 0.472. The monoisotopic (exact) mass is 388 g/mol. The van der Waals surface area contributed by atoms with E-state index in [-0.39, 0.29) is 10.6 Å². The Morgan fingerprint density at radius 2 is 1.93 bits per heavy atom. The number of rotatable bonds is 6. The van der Waals surface area contributed by atoms with E-state index in [1.807, 2.05) is 30.3 Å². The van der Waals surface area contributed by atoms with Crippen LogP contribution in [-0.2, 0) is 10.0 Å². The first-order valence-electron chi connectivity index (χ1n) is 7.77. The maximum atomic E-state index is 11.5. The van der Waals surface area contributed by atoms with E-state index in [1.54, 1.807) is 6.92 Å². The fourth-order valence-corrected chi connectivity index (χ4v) is 3.08. The Bertz CT molecular complexity index is 1080. The standard InChI is InChI=1S/C16H16N6O4S/c1-10-18-16(21-20-10)15(11-5-3-2-4-6-11)19-13-8-7-12(27(17,25)26)9-14(13)22(23)24/h2-9,15,19H,1H3,(H2,17,25,26)(H,18,20,21). The summed E-state index contributed by atoms with van der Waals surface area (Å²) in [5.74, 6) is 0.982. The number of benzene rings is 2. The van der Waals surface area contributed by atoms with Gasteiger partial charge in [0.05, 0.1) is 9.82 Å². The number of anilines is 1. The lowest BCUT2D eigenvalue weighted by Gasteiger charge is -2.18. The van der Waals surface area contributed by atoms with Crippen LogP contribution >= 0.6 is 0 Å². The molecular formula is C16H16N6O4S. The number of sulfonamides is 1. The Hall–Kier alpha value is -3.31. The molecule has 140 valence electrons. The molecule has 0 aliphatic rings.